The van der Waals surface area contributed by atoms with Crippen LogP contribution in [0.25, 0.3) is 0 Å². The second-order valence-electron chi connectivity index (χ2n) is 5.30. The molecule has 2 rings (SSSR count). The van der Waals surface area contributed by atoms with Crippen LogP contribution in [0.15, 0.2) is 24.3 Å². The molecule has 0 spiro atoms. The minimum Gasteiger partial charge on any atom is -0.394 e. The van der Waals surface area contributed by atoms with Crippen LogP contribution in [0.1, 0.15) is 28.6 Å². The largest absolute Gasteiger partial charge is 0.394 e. The maximum absolute atomic E-state index is 10.2. The van der Waals surface area contributed by atoms with E-state index in [-0.39, 0.29) is 6.61 Å². The highest BCUT2D eigenvalue weighted by Crippen LogP contribution is 2.18. The van der Waals surface area contributed by atoms with Crippen LogP contribution < -0.4 is 5.32 Å². The highest BCUT2D eigenvalue weighted by molar-refractivity contribution is 6.30. The molecule has 6 heteroatoms. The van der Waals surface area contributed by atoms with Crippen molar-refractivity contribution in [2.45, 2.75) is 33.0 Å². The van der Waals surface area contributed by atoms with E-state index in [0.717, 1.165) is 22.5 Å². The molecule has 0 aliphatic carbocycles. The molecule has 0 amide bonds. The first-order valence-corrected chi connectivity index (χ1v) is 7.68. The number of rotatable bonds is 7. The third-order valence-electron chi connectivity index (χ3n) is 3.72. The number of benzene rings is 1. The molecule has 3 N–H and O–H groups in total. The molecule has 1 aromatic carbocycles. The normalized spacial score (nSPS) is 12.6. The highest BCUT2D eigenvalue weighted by Gasteiger charge is 2.12. The van der Waals surface area contributed by atoms with Gasteiger partial charge in [-0.25, -0.2) is 0 Å². The lowest BCUT2D eigenvalue weighted by Crippen LogP contribution is -2.21. The van der Waals surface area contributed by atoms with Crippen LogP contribution in [0.2, 0.25) is 5.02 Å². The fraction of sp³-hybridized carbons (Fsp3) is 0.438. The van der Waals surface area contributed by atoms with Crippen molar-refractivity contribution in [2.75, 3.05) is 13.2 Å². The van der Waals surface area contributed by atoms with Gasteiger partial charge in [-0.2, -0.15) is 5.10 Å². The molecular weight excluding hydrogens is 302 g/mol. The van der Waals surface area contributed by atoms with Crippen LogP contribution in [0.3, 0.4) is 0 Å². The Labute approximate surface area is 135 Å². The van der Waals surface area contributed by atoms with E-state index < -0.39 is 6.10 Å². The van der Waals surface area contributed by atoms with E-state index in [1.807, 2.05) is 26.0 Å². The van der Waals surface area contributed by atoms with E-state index in [2.05, 4.69) is 10.4 Å². The average Bonchev–Trinajstić information content (AvgIpc) is 2.75. The number of aryl methyl sites for hydroxylation is 1. The molecule has 0 aliphatic rings. The van der Waals surface area contributed by atoms with Gasteiger partial charge < -0.3 is 15.5 Å². The van der Waals surface area contributed by atoms with Gasteiger partial charge >= 0.3 is 0 Å². The quantitative estimate of drug-likeness (QED) is 0.728. The SMILES string of the molecule is Cc1nn(CCO)c(C)c1CNC[C@H](O)c1cccc(Cl)c1. The number of nitrogens with one attached hydrogen (secondary N) is 1. The van der Waals surface area contributed by atoms with E-state index in [9.17, 15) is 5.11 Å². The van der Waals surface area contributed by atoms with Crippen molar-refractivity contribution in [3.05, 3.63) is 51.8 Å². The van der Waals surface area contributed by atoms with Crippen LogP contribution in [-0.2, 0) is 13.1 Å². The average molecular weight is 324 g/mol. The standard InChI is InChI=1S/C16H22ClN3O2/c1-11-15(12(2)20(19-11)6-7-21)9-18-10-16(22)13-4-3-5-14(17)8-13/h3-5,8,16,18,21-22H,6-7,9-10H2,1-2H3/t16-/m0/s1. The summed E-state index contributed by atoms with van der Waals surface area (Å²) in [5.74, 6) is 0. The minimum atomic E-state index is -0.605. The predicted molar refractivity (Wildman–Crippen MR) is 86.9 cm³/mol. The molecule has 0 unspecified atom stereocenters. The Balaban J connectivity index is 1.94. The molecule has 5 nitrogen and oxygen atoms in total. The van der Waals surface area contributed by atoms with Crippen molar-refractivity contribution in [3.8, 4) is 0 Å². The Morgan fingerprint density at radius 3 is 2.82 bits per heavy atom. The molecule has 120 valence electrons. The summed E-state index contributed by atoms with van der Waals surface area (Å²) >= 11 is 5.93. The number of hydrogen-bond donors (Lipinski definition) is 3. The van der Waals surface area contributed by atoms with Crippen molar-refractivity contribution in [1.82, 2.24) is 15.1 Å². The maximum Gasteiger partial charge on any atom is 0.0915 e. The third kappa shape index (κ3) is 4.08. The Bertz CT molecular complexity index is 628. The summed E-state index contributed by atoms with van der Waals surface area (Å²) in [4.78, 5) is 0. The zero-order valence-electron chi connectivity index (χ0n) is 12.9. The van der Waals surface area contributed by atoms with Gasteiger partial charge in [0.1, 0.15) is 0 Å². The van der Waals surface area contributed by atoms with Crippen molar-refractivity contribution >= 4 is 11.6 Å². The summed E-state index contributed by atoms with van der Waals surface area (Å²) in [5.41, 5.74) is 3.88. The van der Waals surface area contributed by atoms with E-state index in [1.54, 1.807) is 16.8 Å². The zero-order valence-corrected chi connectivity index (χ0v) is 13.6. The molecule has 1 aromatic heterocycles. The second kappa shape index (κ2) is 7.74. The van der Waals surface area contributed by atoms with Crippen molar-refractivity contribution in [3.63, 3.8) is 0 Å². The minimum absolute atomic E-state index is 0.0717. The van der Waals surface area contributed by atoms with E-state index >= 15 is 0 Å². The molecule has 0 aliphatic heterocycles. The summed E-state index contributed by atoms with van der Waals surface area (Å²) in [7, 11) is 0. The van der Waals surface area contributed by atoms with Crippen LogP contribution in [0, 0.1) is 13.8 Å². The van der Waals surface area contributed by atoms with Gasteiger partial charge in [0.2, 0.25) is 0 Å². The Morgan fingerprint density at radius 2 is 2.14 bits per heavy atom. The van der Waals surface area contributed by atoms with Gasteiger partial charge in [0.15, 0.2) is 0 Å². The predicted octanol–water partition coefficient (Wildman–Crippen LogP) is 1.97. The van der Waals surface area contributed by atoms with Crippen molar-refractivity contribution in [2.24, 2.45) is 0 Å². The number of halogens is 1. The molecule has 1 heterocycles. The summed E-state index contributed by atoms with van der Waals surface area (Å²) in [6, 6.07) is 7.24. The molecule has 0 saturated heterocycles. The van der Waals surface area contributed by atoms with Gasteiger partial charge in [0.25, 0.3) is 0 Å². The van der Waals surface area contributed by atoms with E-state index in [0.29, 0.717) is 24.7 Å². The van der Waals surface area contributed by atoms with Gasteiger partial charge in [-0.15, -0.1) is 0 Å². The highest BCUT2D eigenvalue weighted by atomic mass is 35.5. The van der Waals surface area contributed by atoms with Gasteiger partial charge in [0, 0.05) is 29.4 Å². The number of hydrogen-bond acceptors (Lipinski definition) is 4. The lowest BCUT2D eigenvalue weighted by molar-refractivity contribution is 0.174. The number of nitrogens with zero attached hydrogens (tertiary/aromatic N) is 2. The van der Waals surface area contributed by atoms with Gasteiger partial charge in [-0.05, 0) is 31.5 Å². The van der Waals surface area contributed by atoms with E-state index in [4.69, 9.17) is 16.7 Å². The van der Waals surface area contributed by atoms with Crippen molar-refractivity contribution < 1.29 is 10.2 Å². The van der Waals surface area contributed by atoms with Gasteiger partial charge in [0.05, 0.1) is 24.9 Å². The Morgan fingerprint density at radius 1 is 1.36 bits per heavy atom. The molecule has 1 atom stereocenters. The van der Waals surface area contributed by atoms with E-state index in [1.165, 1.54) is 0 Å². The van der Waals surface area contributed by atoms with Gasteiger partial charge in [-0.3, -0.25) is 4.68 Å². The number of aromatic nitrogens is 2. The molecule has 2 aromatic rings. The smallest absolute Gasteiger partial charge is 0.0915 e. The van der Waals surface area contributed by atoms with Crippen LogP contribution in [0.5, 0.6) is 0 Å². The molecule has 22 heavy (non-hydrogen) atoms. The Kier molecular flexibility index (Phi) is 5.97. The first-order chi connectivity index (χ1) is 10.5. The number of aliphatic hydroxyl groups is 2. The first kappa shape index (κ1) is 17.0. The molecule has 0 fully saturated rings. The summed E-state index contributed by atoms with van der Waals surface area (Å²) in [6.07, 6.45) is -0.605. The molecular formula is C16H22ClN3O2. The number of aliphatic hydroxyl groups excluding tert-OH is 2. The van der Waals surface area contributed by atoms with Crippen molar-refractivity contribution in [1.29, 1.82) is 0 Å². The van der Waals surface area contributed by atoms with Gasteiger partial charge in [-0.1, -0.05) is 23.7 Å². The topological polar surface area (TPSA) is 70.3 Å². The monoisotopic (exact) mass is 323 g/mol. The van der Waals surface area contributed by atoms with Crippen LogP contribution in [-0.4, -0.2) is 33.1 Å². The first-order valence-electron chi connectivity index (χ1n) is 7.31. The van der Waals surface area contributed by atoms with Crippen LogP contribution >= 0.6 is 11.6 Å². The van der Waals surface area contributed by atoms with Crippen LogP contribution in [0.4, 0.5) is 0 Å². The zero-order chi connectivity index (χ0) is 16.1. The molecule has 0 bridgehead atoms. The summed E-state index contributed by atoms with van der Waals surface area (Å²) in [6.45, 7) is 5.57. The Hall–Kier alpha value is -1.40. The third-order valence-corrected chi connectivity index (χ3v) is 3.95. The lowest BCUT2D eigenvalue weighted by Gasteiger charge is -2.13. The second-order valence-corrected chi connectivity index (χ2v) is 5.73. The lowest BCUT2D eigenvalue weighted by atomic mass is 10.1. The fourth-order valence-electron chi connectivity index (χ4n) is 2.47. The fourth-order valence-corrected chi connectivity index (χ4v) is 2.67. The summed E-state index contributed by atoms with van der Waals surface area (Å²) < 4.78 is 1.81. The summed E-state index contributed by atoms with van der Waals surface area (Å²) in [5, 5.41) is 27.5. The molecule has 0 radical (unpaired) electrons. The maximum atomic E-state index is 10.2. The molecule has 0 saturated carbocycles.